The molecule has 32 heavy (non-hydrogen) atoms. The van der Waals surface area contributed by atoms with Crippen LogP contribution in [-0.4, -0.2) is 0 Å². The van der Waals surface area contributed by atoms with E-state index in [2.05, 4.69) is 107 Å². The molecule has 0 N–H and O–H groups in total. The fourth-order valence-electron chi connectivity index (χ4n) is 2.58. The molecule has 0 aromatic heterocycles. The molecule has 0 unspecified atom stereocenters. The highest BCUT2D eigenvalue weighted by molar-refractivity contribution is 5.98. The molecule has 2 aromatic rings. The molecule has 0 saturated carbocycles. The summed E-state index contributed by atoms with van der Waals surface area (Å²) >= 11 is 0. The lowest BCUT2D eigenvalue weighted by Crippen LogP contribution is -1.98. The molecular weight excluding hydrogens is 384 g/mol. The molecule has 0 spiro atoms. The zero-order valence-corrected chi connectivity index (χ0v) is 17.5. The Morgan fingerprint density at radius 3 is 1.41 bits per heavy atom. The summed E-state index contributed by atoms with van der Waals surface area (Å²) in [6, 6.07) is 7.68. The summed E-state index contributed by atoms with van der Waals surface area (Å²) in [7, 11) is 0. The van der Waals surface area contributed by atoms with Crippen molar-refractivity contribution in [3.8, 4) is 119 Å². The van der Waals surface area contributed by atoms with E-state index in [-0.39, 0.29) is 0 Å². The first-order valence-corrected chi connectivity index (χ1v) is 9.15. The van der Waals surface area contributed by atoms with Gasteiger partial charge in [-0.15, -0.1) is 12.8 Å². The normalized spacial score (nSPS) is 6.88. The third-order valence-electron chi connectivity index (χ3n) is 3.74. The molecule has 0 aliphatic rings. The van der Waals surface area contributed by atoms with Crippen LogP contribution in [0.1, 0.15) is 36.1 Å². The smallest absolute Gasteiger partial charge is 0.0588 e. The van der Waals surface area contributed by atoms with E-state index in [4.69, 9.17) is 12.8 Å². The second kappa shape index (κ2) is 12.7. The molecule has 2 aromatic carbocycles. The first-order chi connectivity index (χ1) is 15.8. The Morgan fingerprint density at radius 2 is 0.875 bits per heavy atom. The van der Waals surface area contributed by atoms with Gasteiger partial charge in [-0.1, -0.05) is 59.8 Å². The van der Waals surface area contributed by atoms with Gasteiger partial charge in [0.2, 0.25) is 0 Å². The Morgan fingerprint density at radius 1 is 0.469 bits per heavy atom. The summed E-state index contributed by atoms with van der Waals surface area (Å²) in [6.45, 7) is 3.42. The highest BCUT2D eigenvalue weighted by Crippen LogP contribution is 2.29. The molecule has 140 valence electrons. The molecule has 0 heteroatoms. The van der Waals surface area contributed by atoms with Gasteiger partial charge in [-0.3, -0.25) is 0 Å². The van der Waals surface area contributed by atoms with Crippen LogP contribution in [0.25, 0.3) is 10.8 Å². The molecule has 0 amide bonds. The monoisotopic (exact) mass is 396 g/mol. The number of fused-ring (bicyclic) bond motifs is 1. The van der Waals surface area contributed by atoms with E-state index < -0.39 is 0 Å². The fraction of sp³-hybridized carbons (Fsp3) is 0.0625. The van der Waals surface area contributed by atoms with Gasteiger partial charge in [-0.05, 0) is 95.7 Å². The minimum absolute atomic E-state index is 0.553. The lowest BCUT2D eigenvalue weighted by molar-refractivity contribution is 1.56. The lowest BCUT2D eigenvalue weighted by atomic mass is 9.89. The second-order valence-corrected chi connectivity index (χ2v) is 5.58. The summed E-state index contributed by atoms with van der Waals surface area (Å²) in [4.78, 5) is 0. The maximum Gasteiger partial charge on any atom is 0.0588 e. The molecule has 0 radical (unpaired) electrons. The van der Waals surface area contributed by atoms with Crippen LogP contribution >= 0.6 is 0 Å². The van der Waals surface area contributed by atoms with Crippen LogP contribution in [-0.2, 0) is 0 Å². The molecule has 0 aliphatic carbocycles. The molecule has 0 aliphatic heterocycles. The molecule has 0 bridgehead atoms. The molecule has 0 saturated heterocycles. The van der Waals surface area contributed by atoms with Crippen molar-refractivity contribution >= 4 is 10.8 Å². The van der Waals surface area contributed by atoms with E-state index in [0.29, 0.717) is 22.3 Å². The van der Waals surface area contributed by atoms with Gasteiger partial charge in [0.15, 0.2) is 0 Å². The maximum absolute atomic E-state index is 5.38. The van der Waals surface area contributed by atoms with Crippen LogP contribution in [0.2, 0.25) is 0 Å². The third kappa shape index (κ3) is 5.90. The number of hydrogen-bond acceptors (Lipinski definition) is 0. The van der Waals surface area contributed by atoms with Crippen molar-refractivity contribution in [2.45, 2.75) is 13.8 Å². The summed E-state index contributed by atoms with van der Waals surface area (Å²) < 4.78 is 0. The summed E-state index contributed by atoms with van der Waals surface area (Å²) in [5.41, 5.74) is 2.41. The quantitative estimate of drug-likeness (QED) is 0.598. The van der Waals surface area contributed by atoms with Gasteiger partial charge < -0.3 is 0 Å². The SMILES string of the molecule is C#CC#CC#Cc1c(C#CC#CC)c(C#CC#C)c2ccccc2c1C#CC#CC#CC. The van der Waals surface area contributed by atoms with Crippen molar-refractivity contribution in [3.63, 3.8) is 0 Å². The second-order valence-electron chi connectivity index (χ2n) is 5.58. The molecule has 0 nitrogen and oxygen atoms in total. The predicted molar refractivity (Wildman–Crippen MR) is 132 cm³/mol. The van der Waals surface area contributed by atoms with E-state index in [9.17, 15) is 0 Å². The lowest BCUT2D eigenvalue weighted by Gasteiger charge is -2.10. The Kier molecular flexibility index (Phi) is 8.96. The number of hydrogen-bond donors (Lipinski definition) is 0. The van der Waals surface area contributed by atoms with Crippen LogP contribution in [0.15, 0.2) is 24.3 Å². The van der Waals surface area contributed by atoms with Crippen LogP contribution in [0.3, 0.4) is 0 Å². The van der Waals surface area contributed by atoms with Crippen LogP contribution < -0.4 is 0 Å². The van der Waals surface area contributed by atoms with E-state index in [0.717, 1.165) is 10.8 Å². The first kappa shape index (κ1) is 22.6. The summed E-state index contributed by atoms with van der Waals surface area (Å²) in [5.74, 6) is 49.2. The topological polar surface area (TPSA) is 0 Å². The number of rotatable bonds is 0. The number of terminal acetylenes is 2. The van der Waals surface area contributed by atoms with Crippen LogP contribution in [0, 0.1) is 119 Å². The van der Waals surface area contributed by atoms with Crippen molar-refractivity contribution in [2.24, 2.45) is 0 Å². The Balaban J connectivity index is 3.12. The zero-order valence-electron chi connectivity index (χ0n) is 17.5. The van der Waals surface area contributed by atoms with E-state index in [1.807, 2.05) is 24.3 Å². The Bertz CT molecular complexity index is 1680. The predicted octanol–water partition coefficient (Wildman–Crippen LogP) is 3.57. The molecule has 2 rings (SSSR count). The van der Waals surface area contributed by atoms with Crippen LogP contribution in [0.4, 0.5) is 0 Å². The average Bonchev–Trinajstić information content (AvgIpc) is 2.82. The van der Waals surface area contributed by atoms with E-state index in [1.165, 1.54) is 0 Å². The highest BCUT2D eigenvalue weighted by Gasteiger charge is 2.15. The van der Waals surface area contributed by atoms with Crippen molar-refractivity contribution in [1.82, 2.24) is 0 Å². The van der Waals surface area contributed by atoms with E-state index >= 15 is 0 Å². The molecule has 0 heterocycles. The van der Waals surface area contributed by atoms with Gasteiger partial charge in [0, 0.05) is 0 Å². The largest absolute Gasteiger partial charge is 0.106 e. The first-order valence-electron chi connectivity index (χ1n) is 9.15. The van der Waals surface area contributed by atoms with Gasteiger partial charge in [0.25, 0.3) is 0 Å². The summed E-state index contributed by atoms with van der Waals surface area (Å²) in [5, 5.41) is 1.68. The van der Waals surface area contributed by atoms with Crippen molar-refractivity contribution in [3.05, 3.63) is 46.5 Å². The molecule has 0 atom stereocenters. The van der Waals surface area contributed by atoms with Crippen LogP contribution in [0.5, 0.6) is 0 Å². The maximum atomic E-state index is 5.38. The molecule has 0 fully saturated rings. The highest BCUT2D eigenvalue weighted by atomic mass is 14.1. The number of benzene rings is 2. The summed E-state index contributed by atoms with van der Waals surface area (Å²) in [6.07, 6.45) is 10.6. The van der Waals surface area contributed by atoms with Gasteiger partial charge >= 0.3 is 0 Å². The third-order valence-corrected chi connectivity index (χ3v) is 3.74. The van der Waals surface area contributed by atoms with Gasteiger partial charge in [-0.2, -0.15) is 0 Å². The fourth-order valence-corrected chi connectivity index (χ4v) is 2.58. The van der Waals surface area contributed by atoms with E-state index in [1.54, 1.807) is 13.8 Å². The average molecular weight is 396 g/mol. The Hall–Kier alpha value is -5.70. The minimum atomic E-state index is 0.553. The molecular formula is C32H12. The van der Waals surface area contributed by atoms with Gasteiger partial charge in [-0.25, -0.2) is 0 Å². The minimum Gasteiger partial charge on any atom is -0.106 e. The van der Waals surface area contributed by atoms with Crippen molar-refractivity contribution in [1.29, 1.82) is 0 Å². The standard InChI is InChI=1S/C32H12/c1-5-9-13-15-18-24-30-29(23-17-14-10-6-2)28(22-16-11-7-3)27(21-12-8-4)31-25-19-20-26-32(30)31/h2,4,19-20,25-26H,1,3H3. The zero-order chi connectivity index (χ0) is 23.0. The van der Waals surface area contributed by atoms with Crippen molar-refractivity contribution in [2.75, 3.05) is 0 Å². The Labute approximate surface area is 190 Å². The van der Waals surface area contributed by atoms with Crippen molar-refractivity contribution < 1.29 is 0 Å². The van der Waals surface area contributed by atoms with Gasteiger partial charge in [0.05, 0.1) is 22.3 Å². The van der Waals surface area contributed by atoms with Gasteiger partial charge in [0.1, 0.15) is 0 Å².